The predicted molar refractivity (Wildman–Crippen MR) is 69.5 cm³/mol. The Hall–Kier alpha value is -2.79. The summed E-state index contributed by atoms with van der Waals surface area (Å²) in [5, 5.41) is 7.76. The zero-order valence-corrected chi connectivity index (χ0v) is 11.0. The van der Waals surface area contributed by atoms with E-state index >= 15 is 0 Å². The van der Waals surface area contributed by atoms with Gasteiger partial charge in [0.2, 0.25) is 6.79 Å². The van der Waals surface area contributed by atoms with Gasteiger partial charge in [0.25, 0.3) is 0 Å². The summed E-state index contributed by atoms with van der Waals surface area (Å²) in [6.45, 7) is 12.5. The van der Waals surface area contributed by atoms with Crippen LogP contribution in [0.2, 0.25) is 0 Å². The fourth-order valence-electron chi connectivity index (χ4n) is 0.466. The van der Waals surface area contributed by atoms with E-state index in [1.807, 2.05) is 0 Å². The summed E-state index contributed by atoms with van der Waals surface area (Å²) in [6.07, 6.45) is 1.19. The van der Waals surface area contributed by atoms with E-state index in [2.05, 4.69) is 40.7 Å². The molecule has 0 amide bonds. The van der Waals surface area contributed by atoms with Gasteiger partial charge < -0.3 is 9.47 Å². The first-order valence-electron chi connectivity index (χ1n) is 5.01. The van der Waals surface area contributed by atoms with Gasteiger partial charge in [-0.3, -0.25) is 0 Å². The van der Waals surface area contributed by atoms with Gasteiger partial charge in [0.15, 0.2) is 0 Å². The van der Waals surface area contributed by atoms with Crippen molar-refractivity contribution in [2.75, 3.05) is 6.79 Å². The lowest BCUT2D eigenvalue weighted by molar-refractivity contribution is -0.161. The number of carbonyl (C=O) groups is 2. The van der Waals surface area contributed by atoms with E-state index in [1.165, 1.54) is 19.9 Å². The molecule has 0 aliphatic rings. The second kappa shape index (κ2) is 11.7. The SMILES string of the molecule is C=C(C)C(=O)OCOC(=O)C(=C)C.C=C=C=CC#N. The van der Waals surface area contributed by atoms with Gasteiger partial charge in [-0.15, -0.1) is 0 Å². The van der Waals surface area contributed by atoms with Crippen LogP contribution in [0.3, 0.4) is 0 Å². The number of ether oxygens (including phenoxy) is 2. The molecule has 19 heavy (non-hydrogen) atoms. The number of allylic oxidation sites excluding steroid dienone is 1. The largest absolute Gasteiger partial charge is 0.425 e. The summed E-state index contributed by atoms with van der Waals surface area (Å²) in [4.78, 5) is 21.5. The summed E-state index contributed by atoms with van der Waals surface area (Å²) in [7, 11) is 0. The van der Waals surface area contributed by atoms with Crippen molar-refractivity contribution in [2.24, 2.45) is 0 Å². The third-order valence-electron chi connectivity index (χ3n) is 1.32. The molecule has 0 rings (SSSR count). The van der Waals surface area contributed by atoms with Crippen molar-refractivity contribution in [3.05, 3.63) is 48.4 Å². The molecule has 0 saturated carbocycles. The van der Waals surface area contributed by atoms with E-state index in [-0.39, 0.29) is 11.1 Å². The molecule has 5 nitrogen and oxygen atoms in total. The van der Waals surface area contributed by atoms with Crippen molar-refractivity contribution < 1.29 is 19.1 Å². The molecule has 0 spiro atoms. The summed E-state index contributed by atoms with van der Waals surface area (Å²) < 4.78 is 9.00. The Kier molecular flexibility index (Phi) is 11.4. The average molecular weight is 261 g/mol. The van der Waals surface area contributed by atoms with Gasteiger partial charge in [0, 0.05) is 11.1 Å². The van der Waals surface area contributed by atoms with Crippen LogP contribution in [0.5, 0.6) is 0 Å². The fourth-order valence-corrected chi connectivity index (χ4v) is 0.466. The topological polar surface area (TPSA) is 76.4 Å². The average Bonchev–Trinajstić information content (AvgIpc) is 2.36. The maximum Gasteiger partial charge on any atom is 0.335 e. The number of hydrogen-bond acceptors (Lipinski definition) is 5. The van der Waals surface area contributed by atoms with Crippen LogP contribution in [0.15, 0.2) is 48.4 Å². The molecule has 0 unspecified atom stereocenters. The third kappa shape index (κ3) is 13.1. The number of carbonyl (C=O) groups excluding carboxylic acids is 2. The number of hydrogen-bond donors (Lipinski definition) is 0. The molecule has 0 saturated heterocycles. The van der Waals surface area contributed by atoms with Crippen molar-refractivity contribution in [2.45, 2.75) is 13.8 Å². The third-order valence-corrected chi connectivity index (χ3v) is 1.32. The Balaban J connectivity index is 0. The Morgan fingerprint density at radius 3 is 1.79 bits per heavy atom. The standard InChI is InChI=1S/C9H12O4.C5H3N/c1-6(2)8(10)12-5-13-9(11)7(3)4;1-2-3-4-5-6/h1,3,5H2,2,4H3;4H,1H2. The van der Waals surface area contributed by atoms with Crippen LogP contribution in [0, 0.1) is 11.3 Å². The molecule has 0 aliphatic carbocycles. The Morgan fingerprint density at radius 2 is 1.58 bits per heavy atom. The summed E-state index contributed by atoms with van der Waals surface area (Å²) >= 11 is 0. The van der Waals surface area contributed by atoms with Gasteiger partial charge in [-0.2, -0.15) is 5.26 Å². The number of rotatable bonds is 4. The molecule has 0 aromatic carbocycles. The zero-order chi connectivity index (χ0) is 15.3. The molecular formula is C14H15NO4. The van der Waals surface area contributed by atoms with Crippen molar-refractivity contribution >= 4 is 11.9 Å². The number of nitrogens with zero attached hydrogens (tertiary/aromatic N) is 1. The highest BCUT2D eigenvalue weighted by Crippen LogP contribution is 1.95. The van der Waals surface area contributed by atoms with Crippen LogP contribution in [0.25, 0.3) is 0 Å². The maximum absolute atomic E-state index is 10.8. The molecule has 100 valence electrons. The molecule has 0 aliphatic heterocycles. The first-order valence-corrected chi connectivity index (χ1v) is 5.01. The lowest BCUT2D eigenvalue weighted by atomic mass is 10.4. The van der Waals surface area contributed by atoms with E-state index in [4.69, 9.17) is 5.26 Å². The fraction of sp³-hybridized carbons (Fsp3) is 0.214. The Bertz CT molecular complexity index is 458. The van der Waals surface area contributed by atoms with Crippen LogP contribution < -0.4 is 0 Å². The van der Waals surface area contributed by atoms with E-state index in [1.54, 1.807) is 6.07 Å². The predicted octanol–water partition coefficient (Wildman–Crippen LogP) is 2.19. The van der Waals surface area contributed by atoms with E-state index < -0.39 is 18.7 Å². The van der Waals surface area contributed by atoms with Gasteiger partial charge in [-0.1, -0.05) is 24.6 Å². The van der Waals surface area contributed by atoms with Gasteiger partial charge in [-0.25, -0.2) is 9.59 Å². The van der Waals surface area contributed by atoms with Crippen molar-refractivity contribution in [1.29, 1.82) is 5.26 Å². The normalized spacial score (nSPS) is 7.21. The van der Waals surface area contributed by atoms with E-state index in [0.29, 0.717) is 0 Å². The second-order valence-electron chi connectivity index (χ2n) is 3.14. The lowest BCUT2D eigenvalue weighted by Crippen LogP contribution is -2.13. The second-order valence-corrected chi connectivity index (χ2v) is 3.14. The van der Waals surface area contributed by atoms with Crippen LogP contribution in [-0.2, 0) is 19.1 Å². The number of nitriles is 1. The summed E-state index contributed by atoms with van der Waals surface area (Å²) in [6, 6.07) is 1.73. The van der Waals surface area contributed by atoms with Crippen molar-refractivity contribution in [1.82, 2.24) is 0 Å². The Morgan fingerprint density at radius 1 is 1.16 bits per heavy atom. The Labute approximate surface area is 112 Å². The van der Waals surface area contributed by atoms with Crippen LogP contribution in [0.4, 0.5) is 0 Å². The first-order chi connectivity index (χ1) is 8.86. The van der Waals surface area contributed by atoms with Gasteiger partial charge in [-0.05, 0) is 20.4 Å². The highest BCUT2D eigenvalue weighted by molar-refractivity contribution is 5.88. The molecule has 0 bridgehead atoms. The van der Waals surface area contributed by atoms with Crippen molar-refractivity contribution in [3.63, 3.8) is 0 Å². The molecule has 0 atom stereocenters. The first kappa shape index (κ1) is 18.6. The molecule has 0 aromatic rings. The monoisotopic (exact) mass is 261 g/mol. The number of esters is 2. The quantitative estimate of drug-likeness (QED) is 0.255. The van der Waals surface area contributed by atoms with Crippen LogP contribution in [0.1, 0.15) is 13.8 Å². The van der Waals surface area contributed by atoms with Gasteiger partial charge in [0.05, 0.1) is 6.08 Å². The smallest absolute Gasteiger partial charge is 0.335 e. The highest BCUT2D eigenvalue weighted by atomic mass is 16.7. The summed E-state index contributed by atoms with van der Waals surface area (Å²) in [5.74, 6) is -1.18. The van der Waals surface area contributed by atoms with Crippen LogP contribution >= 0.6 is 0 Å². The lowest BCUT2D eigenvalue weighted by Gasteiger charge is -2.04. The van der Waals surface area contributed by atoms with Gasteiger partial charge in [0.1, 0.15) is 6.07 Å². The molecule has 5 heteroatoms. The minimum Gasteiger partial charge on any atom is -0.425 e. The zero-order valence-electron chi connectivity index (χ0n) is 11.0. The minimum absolute atomic E-state index is 0.256. The molecule has 0 radical (unpaired) electrons. The molecule has 0 heterocycles. The molecular weight excluding hydrogens is 246 g/mol. The van der Waals surface area contributed by atoms with Crippen LogP contribution in [-0.4, -0.2) is 18.7 Å². The van der Waals surface area contributed by atoms with E-state index in [9.17, 15) is 9.59 Å². The van der Waals surface area contributed by atoms with E-state index in [0.717, 1.165) is 0 Å². The van der Waals surface area contributed by atoms with Crippen molar-refractivity contribution in [3.8, 4) is 6.07 Å². The molecule has 0 aromatic heterocycles. The molecule has 0 N–H and O–H groups in total. The minimum atomic E-state index is -0.588. The van der Waals surface area contributed by atoms with Gasteiger partial charge >= 0.3 is 11.9 Å². The molecule has 0 fully saturated rings. The maximum atomic E-state index is 10.8. The summed E-state index contributed by atoms with van der Waals surface area (Å²) in [5.41, 5.74) is 5.15. The highest BCUT2D eigenvalue weighted by Gasteiger charge is 2.06.